The van der Waals surface area contributed by atoms with E-state index in [0.717, 1.165) is 31.4 Å². The van der Waals surface area contributed by atoms with E-state index in [1.165, 1.54) is 11.0 Å². The van der Waals surface area contributed by atoms with Gasteiger partial charge in [-0.1, -0.05) is 31.9 Å². The van der Waals surface area contributed by atoms with Gasteiger partial charge < -0.3 is 16.0 Å². The summed E-state index contributed by atoms with van der Waals surface area (Å²) in [5, 5.41) is 3.01. The monoisotopic (exact) mass is 594 g/mol. The molecule has 1 aromatic carbocycles. The van der Waals surface area contributed by atoms with Gasteiger partial charge in [-0.2, -0.15) is 0 Å². The lowest BCUT2D eigenvalue weighted by atomic mass is 10.0. The number of rotatable bonds is 14. The number of hydrogen-bond acceptors (Lipinski definition) is 6. The number of amides is 3. The summed E-state index contributed by atoms with van der Waals surface area (Å²) >= 11 is 0. The molecule has 2 aliphatic carbocycles. The summed E-state index contributed by atoms with van der Waals surface area (Å²) in [7, 11) is -3.64. The maximum atomic E-state index is 13.8. The molecule has 226 valence electrons. The Bertz CT molecular complexity index is 1320. The highest BCUT2D eigenvalue weighted by atomic mass is 32.2. The molecule has 2 unspecified atom stereocenters. The van der Waals surface area contributed by atoms with E-state index in [4.69, 9.17) is 5.73 Å². The van der Waals surface area contributed by atoms with Crippen molar-refractivity contribution in [2.75, 3.05) is 11.9 Å². The second-order valence-electron chi connectivity index (χ2n) is 12.1. The van der Waals surface area contributed by atoms with E-state index in [2.05, 4.69) is 10.0 Å². The number of nitrogens with one attached hydrogen (secondary N) is 2. The minimum atomic E-state index is -3.64. The van der Waals surface area contributed by atoms with Crippen LogP contribution in [0.3, 0.4) is 0 Å². The lowest BCUT2D eigenvalue weighted by Crippen LogP contribution is -2.49. The van der Waals surface area contributed by atoms with E-state index in [-0.39, 0.29) is 22.9 Å². The second kappa shape index (κ2) is 12.1. The van der Waals surface area contributed by atoms with Gasteiger partial charge in [-0.3, -0.25) is 19.1 Å². The van der Waals surface area contributed by atoms with Crippen LogP contribution in [0.4, 0.5) is 14.5 Å². The van der Waals surface area contributed by atoms with Gasteiger partial charge in [0.1, 0.15) is 12.1 Å². The van der Waals surface area contributed by atoms with Gasteiger partial charge in [0.25, 0.3) is 0 Å². The zero-order valence-corrected chi connectivity index (χ0v) is 24.4. The van der Waals surface area contributed by atoms with Crippen LogP contribution in [-0.2, 0) is 24.4 Å². The Kier molecular flexibility index (Phi) is 9.10. The first-order valence-electron chi connectivity index (χ1n) is 14.3. The molecular formula is C29H40F2N4O5S. The Morgan fingerprint density at radius 3 is 2.54 bits per heavy atom. The Hall–Kier alpha value is -3.02. The first-order valence-corrected chi connectivity index (χ1v) is 15.8. The molecule has 1 aromatic rings. The number of sulfonamides is 1. The third-order valence-corrected chi connectivity index (χ3v) is 10.9. The molecule has 41 heavy (non-hydrogen) atoms. The Labute approximate surface area is 240 Å². The predicted octanol–water partition coefficient (Wildman–Crippen LogP) is 3.75. The molecule has 3 fully saturated rings. The van der Waals surface area contributed by atoms with E-state index in [1.807, 2.05) is 19.1 Å². The summed E-state index contributed by atoms with van der Waals surface area (Å²) in [4.78, 5) is 39.1. The summed E-state index contributed by atoms with van der Waals surface area (Å²) in [6.45, 7) is 4.00. The standard InChI is InChI=1S/C29H40F2N4O5S/c1-28(18-20(28)26(37)34-41(39,40)29(2)14-15-29)13-7-5-3-4-6-9-23(33-19-11-12-21(30)22(31)17-19)27(38)35-16-8-10-24(35)25(32)36/h7,11-13,17,20,23-24,33H,3-6,8-10,14-16,18H2,1-2H3,(H2,32,36)(H,34,37)/b13-7-/t20?,23-,24-,28?/m0/s1. The molecule has 1 saturated heterocycles. The van der Waals surface area contributed by atoms with Crippen LogP contribution in [-0.4, -0.2) is 54.4 Å². The van der Waals surface area contributed by atoms with Crippen molar-refractivity contribution in [1.82, 2.24) is 9.62 Å². The van der Waals surface area contributed by atoms with E-state index >= 15 is 0 Å². The number of carbonyl (C=O) groups excluding carboxylic acids is 3. The molecule has 4 atom stereocenters. The zero-order chi connectivity index (χ0) is 30.0. The molecule has 0 bridgehead atoms. The number of benzene rings is 1. The minimum Gasteiger partial charge on any atom is -0.374 e. The van der Waals surface area contributed by atoms with Gasteiger partial charge in [0.05, 0.1) is 4.75 Å². The SMILES string of the molecule is CC1(/C=C\CCCCC[C@H](Nc2ccc(F)c(F)c2)C(=O)N2CCC[C@H]2C(N)=O)CC1C(=O)NS(=O)(=O)C1(C)CC1. The van der Waals surface area contributed by atoms with Crippen molar-refractivity contribution in [3.05, 3.63) is 42.0 Å². The molecule has 12 heteroatoms. The third kappa shape index (κ3) is 7.25. The number of anilines is 1. The number of hydrogen-bond donors (Lipinski definition) is 3. The molecule has 3 amide bonds. The predicted molar refractivity (Wildman–Crippen MR) is 151 cm³/mol. The van der Waals surface area contributed by atoms with Crippen LogP contribution >= 0.6 is 0 Å². The molecule has 1 aliphatic heterocycles. The van der Waals surface area contributed by atoms with Crippen molar-refractivity contribution in [3.8, 4) is 0 Å². The number of unbranched alkanes of at least 4 members (excludes halogenated alkanes) is 3. The summed E-state index contributed by atoms with van der Waals surface area (Å²) in [5.74, 6) is -3.65. The molecule has 0 spiro atoms. The molecule has 4 N–H and O–H groups in total. The molecule has 4 rings (SSSR count). The summed E-state index contributed by atoms with van der Waals surface area (Å²) in [5.41, 5.74) is 5.40. The fourth-order valence-corrected chi connectivity index (χ4v) is 6.73. The average Bonchev–Trinajstić information content (AvgIpc) is 3.75. The molecule has 0 aromatic heterocycles. The fraction of sp³-hybridized carbons (Fsp3) is 0.621. The van der Waals surface area contributed by atoms with Gasteiger partial charge in [-0.15, -0.1) is 0 Å². The van der Waals surface area contributed by atoms with E-state index < -0.39 is 50.3 Å². The van der Waals surface area contributed by atoms with E-state index in [1.54, 1.807) is 6.92 Å². The third-order valence-electron chi connectivity index (χ3n) is 8.72. The van der Waals surface area contributed by atoms with Crippen molar-refractivity contribution >= 4 is 33.4 Å². The van der Waals surface area contributed by atoms with Gasteiger partial charge in [-0.25, -0.2) is 17.2 Å². The van der Waals surface area contributed by atoms with Gasteiger partial charge in [0, 0.05) is 24.2 Å². The highest BCUT2D eigenvalue weighted by molar-refractivity contribution is 7.91. The Balaban J connectivity index is 1.25. The minimum absolute atomic E-state index is 0.273. The van der Waals surface area contributed by atoms with Crippen molar-refractivity contribution < 1.29 is 31.6 Å². The van der Waals surface area contributed by atoms with E-state index in [0.29, 0.717) is 51.5 Å². The lowest BCUT2D eigenvalue weighted by molar-refractivity contribution is -0.138. The summed E-state index contributed by atoms with van der Waals surface area (Å²) in [6, 6.07) is 1.97. The molecule has 0 radical (unpaired) electrons. The highest BCUT2D eigenvalue weighted by Crippen LogP contribution is 2.54. The number of nitrogens with two attached hydrogens (primary N) is 1. The van der Waals surface area contributed by atoms with Crippen LogP contribution in [0.5, 0.6) is 0 Å². The number of halogens is 2. The first kappa shape index (κ1) is 30.9. The summed E-state index contributed by atoms with van der Waals surface area (Å²) in [6.07, 6.45) is 10.4. The van der Waals surface area contributed by atoms with Crippen molar-refractivity contribution in [2.24, 2.45) is 17.1 Å². The zero-order valence-electron chi connectivity index (χ0n) is 23.6. The van der Waals surface area contributed by atoms with Crippen LogP contribution in [0.2, 0.25) is 0 Å². The van der Waals surface area contributed by atoms with Crippen LogP contribution in [0.25, 0.3) is 0 Å². The maximum Gasteiger partial charge on any atom is 0.245 e. The van der Waals surface area contributed by atoms with Crippen molar-refractivity contribution in [1.29, 1.82) is 0 Å². The second-order valence-corrected chi connectivity index (χ2v) is 14.3. The van der Waals surface area contributed by atoms with Crippen LogP contribution < -0.4 is 15.8 Å². The number of allylic oxidation sites excluding steroid dienone is 2. The van der Waals surface area contributed by atoms with Crippen molar-refractivity contribution in [3.63, 3.8) is 0 Å². The first-order chi connectivity index (χ1) is 19.3. The smallest absolute Gasteiger partial charge is 0.245 e. The molecule has 3 aliphatic rings. The Morgan fingerprint density at radius 2 is 1.88 bits per heavy atom. The van der Waals surface area contributed by atoms with Gasteiger partial charge >= 0.3 is 0 Å². The van der Waals surface area contributed by atoms with Gasteiger partial charge in [0.2, 0.25) is 27.7 Å². The van der Waals surface area contributed by atoms with Gasteiger partial charge in [-0.05, 0) is 75.8 Å². The quantitative estimate of drug-likeness (QED) is 0.222. The molecule has 2 saturated carbocycles. The normalized spacial score (nSPS) is 25.6. The highest BCUT2D eigenvalue weighted by Gasteiger charge is 2.56. The van der Waals surface area contributed by atoms with Crippen LogP contribution in [0.1, 0.15) is 78.1 Å². The number of nitrogens with zero attached hydrogens (tertiary/aromatic N) is 1. The maximum absolute atomic E-state index is 13.8. The lowest BCUT2D eigenvalue weighted by Gasteiger charge is -2.28. The number of primary amides is 1. The van der Waals surface area contributed by atoms with E-state index in [9.17, 15) is 31.6 Å². The summed E-state index contributed by atoms with van der Waals surface area (Å²) < 4.78 is 53.3. The molecule has 9 nitrogen and oxygen atoms in total. The van der Waals surface area contributed by atoms with Gasteiger partial charge in [0.15, 0.2) is 11.6 Å². The molecular weight excluding hydrogens is 554 g/mol. The van der Waals surface area contributed by atoms with Crippen molar-refractivity contribution in [2.45, 2.75) is 94.9 Å². The number of carbonyl (C=O) groups is 3. The largest absolute Gasteiger partial charge is 0.374 e. The number of likely N-dealkylation sites (tertiary alicyclic amines) is 1. The molecule has 1 heterocycles. The van der Waals surface area contributed by atoms with Crippen LogP contribution in [0, 0.1) is 23.0 Å². The fourth-order valence-electron chi connectivity index (χ4n) is 5.44. The van der Waals surface area contributed by atoms with Crippen LogP contribution in [0.15, 0.2) is 30.4 Å². The Morgan fingerprint density at radius 1 is 1.15 bits per heavy atom. The topological polar surface area (TPSA) is 139 Å². The average molecular weight is 595 g/mol.